The van der Waals surface area contributed by atoms with Gasteiger partial charge in [0.25, 0.3) is 0 Å². The SMILES string of the molecule is O=C(CCCOc1ccc2c(c1)CCC(=O)N2)Nc1ncc(-c2ccccc2)s1. The van der Waals surface area contributed by atoms with Gasteiger partial charge >= 0.3 is 0 Å². The molecule has 2 heterocycles. The first-order valence-corrected chi connectivity index (χ1v) is 10.4. The lowest BCUT2D eigenvalue weighted by Gasteiger charge is -2.17. The number of nitrogens with one attached hydrogen (secondary N) is 2. The number of rotatable bonds is 7. The summed E-state index contributed by atoms with van der Waals surface area (Å²) in [6.45, 7) is 0.450. The third kappa shape index (κ3) is 5.00. The summed E-state index contributed by atoms with van der Waals surface area (Å²) in [6, 6.07) is 15.6. The number of carbonyl (C=O) groups excluding carboxylic acids is 2. The lowest BCUT2D eigenvalue weighted by molar-refractivity contribution is -0.117. The molecular weight excluding hydrogens is 386 g/mol. The molecule has 0 saturated carbocycles. The second-order valence-electron chi connectivity index (χ2n) is 6.76. The molecule has 3 aromatic rings. The molecule has 0 atom stereocenters. The molecule has 0 spiro atoms. The number of fused-ring (bicyclic) bond motifs is 1. The Labute approximate surface area is 172 Å². The van der Waals surface area contributed by atoms with E-state index in [-0.39, 0.29) is 11.8 Å². The van der Waals surface area contributed by atoms with Crippen molar-refractivity contribution in [3.05, 3.63) is 60.3 Å². The van der Waals surface area contributed by atoms with E-state index in [1.54, 1.807) is 6.20 Å². The standard InChI is InChI=1S/C22H21N3O3S/c26-20(25-22-23-14-19(29-22)15-5-2-1-3-6-15)7-4-12-28-17-9-10-18-16(13-17)8-11-21(27)24-18/h1-3,5-6,9-10,13-14H,4,7-8,11-12H2,(H,24,27)(H,23,25,26). The van der Waals surface area contributed by atoms with Crippen LogP contribution in [-0.2, 0) is 16.0 Å². The number of thiazole rings is 1. The lowest BCUT2D eigenvalue weighted by atomic mass is 10.0. The molecule has 0 radical (unpaired) electrons. The first kappa shape index (κ1) is 19.1. The van der Waals surface area contributed by atoms with Crippen molar-refractivity contribution in [1.82, 2.24) is 4.98 Å². The fourth-order valence-corrected chi connectivity index (χ4v) is 3.96. The van der Waals surface area contributed by atoms with Crippen LogP contribution in [-0.4, -0.2) is 23.4 Å². The highest BCUT2D eigenvalue weighted by molar-refractivity contribution is 7.19. The zero-order valence-corrected chi connectivity index (χ0v) is 16.6. The van der Waals surface area contributed by atoms with Crippen LogP contribution in [0.2, 0.25) is 0 Å². The summed E-state index contributed by atoms with van der Waals surface area (Å²) < 4.78 is 5.76. The van der Waals surface area contributed by atoms with Crippen molar-refractivity contribution in [3.63, 3.8) is 0 Å². The molecule has 2 amide bonds. The molecule has 0 fully saturated rings. The molecule has 0 aliphatic carbocycles. The average molecular weight is 407 g/mol. The molecule has 0 unspecified atom stereocenters. The summed E-state index contributed by atoms with van der Waals surface area (Å²) in [5.41, 5.74) is 3.02. The number of hydrogen-bond acceptors (Lipinski definition) is 5. The Balaban J connectivity index is 1.22. The van der Waals surface area contributed by atoms with Crippen molar-refractivity contribution in [2.24, 2.45) is 0 Å². The van der Waals surface area contributed by atoms with Gasteiger partial charge in [-0.2, -0.15) is 0 Å². The Bertz CT molecular complexity index is 1020. The minimum Gasteiger partial charge on any atom is -0.494 e. The lowest BCUT2D eigenvalue weighted by Crippen LogP contribution is -2.18. The monoisotopic (exact) mass is 407 g/mol. The van der Waals surface area contributed by atoms with Gasteiger partial charge in [-0.05, 0) is 42.2 Å². The van der Waals surface area contributed by atoms with Crippen LogP contribution in [0.5, 0.6) is 5.75 Å². The summed E-state index contributed by atoms with van der Waals surface area (Å²) >= 11 is 1.46. The molecule has 1 aliphatic rings. The fourth-order valence-electron chi connectivity index (χ4n) is 3.12. The summed E-state index contributed by atoms with van der Waals surface area (Å²) in [5, 5.41) is 6.30. The van der Waals surface area contributed by atoms with Gasteiger partial charge in [0, 0.05) is 24.7 Å². The number of amides is 2. The predicted molar refractivity (Wildman–Crippen MR) is 114 cm³/mol. The highest BCUT2D eigenvalue weighted by Gasteiger charge is 2.15. The van der Waals surface area contributed by atoms with Crippen LogP contribution >= 0.6 is 11.3 Å². The highest BCUT2D eigenvalue weighted by Crippen LogP contribution is 2.29. The van der Waals surface area contributed by atoms with Crippen LogP contribution in [0.25, 0.3) is 10.4 Å². The second kappa shape index (κ2) is 8.87. The zero-order chi connectivity index (χ0) is 20.1. The number of hydrogen-bond donors (Lipinski definition) is 2. The van der Waals surface area contributed by atoms with Crippen molar-refractivity contribution in [1.29, 1.82) is 0 Å². The Kier molecular flexibility index (Phi) is 5.86. The smallest absolute Gasteiger partial charge is 0.226 e. The van der Waals surface area contributed by atoms with E-state index in [9.17, 15) is 9.59 Å². The minimum absolute atomic E-state index is 0.0494. The third-order valence-corrected chi connectivity index (χ3v) is 5.56. The molecule has 0 saturated heterocycles. The summed E-state index contributed by atoms with van der Waals surface area (Å²) in [5.74, 6) is 0.733. The minimum atomic E-state index is -0.0734. The number of nitrogens with zero attached hydrogens (tertiary/aromatic N) is 1. The molecule has 4 rings (SSSR count). The van der Waals surface area contributed by atoms with Gasteiger partial charge in [-0.1, -0.05) is 41.7 Å². The Hall–Kier alpha value is -3.19. The molecule has 2 aromatic carbocycles. The van der Waals surface area contributed by atoms with Crippen LogP contribution in [0, 0.1) is 0 Å². The molecule has 2 N–H and O–H groups in total. The molecule has 1 aliphatic heterocycles. The Morgan fingerprint density at radius 3 is 2.90 bits per heavy atom. The Morgan fingerprint density at radius 1 is 1.17 bits per heavy atom. The van der Waals surface area contributed by atoms with Gasteiger partial charge in [0.1, 0.15) is 5.75 Å². The number of aryl methyl sites for hydroxylation is 1. The van der Waals surface area contributed by atoms with Crippen LogP contribution in [0.1, 0.15) is 24.8 Å². The van der Waals surface area contributed by atoms with E-state index in [1.165, 1.54) is 11.3 Å². The summed E-state index contributed by atoms with van der Waals surface area (Å²) in [7, 11) is 0. The number of aromatic nitrogens is 1. The van der Waals surface area contributed by atoms with E-state index < -0.39 is 0 Å². The number of ether oxygens (including phenoxy) is 1. The summed E-state index contributed by atoms with van der Waals surface area (Å²) in [6.07, 6.45) is 3.97. The van der Waals surface area contributed by atoms with Crippen LogP contribution in [0.3, 0.4) is 0 Å². The highest BCUT2D eigenvalue weighted by atomic mass is 32.1. The number of benzene rings is 2. The Morgan fingerprint density at radius 2 is 2.03 bits per heavy atom. The molecule has 7 heteroatoms. The molecular formula is C22H21N3O3S. The van der Waals surface area contributed by atoms with Gasteiger partial charge < -0.3 is 15.4 Å². The second-order valence-corrected chi connectivity index (χ2v) is 7.79. The quantitative estimate of drug-likeness (QED) is 0.566. The molecule has 1 aromatic heterocycles. The van der Waals surface area contributed by atoms with Crippen molar-refractivity contribution in [3.8, 4) is 16.2 Å². The van der Waals surface area contributed by atoms with Gasteiger partial charge in [0.15, 0.2) is 5.13 Å². The number of anilines is 2. The molecule has 29 heavy (non-hydrogen) atoms. The molecule has 148 valence electrons. The zero-order valence-electron chi connectivity index (χ0n) is 15.8. The first-order valence-electron chi connectivity index (χ1n) is 9.54. The first-order chi connectivity index (χ1) is 14.2. The van der Waals surface area contributed by atoms with Crippen molar-refractivity contribution >= 4 is 34.0 Å². The maximum atomic E-state index is 12.2. The molecule has 6 nitrogen and oxygen atoms in total. The van der Waals surface area contributed by atoms with E-state index in [4.69, 9.17) is 4.74 Å². The topological polar surface area (TPSA) is 80.3 Å². The largest absolute Gasteiger partial charge is 0.494 e. The third-order valence-electron chi connectivity index (χ3n) is 4.60. The van der Waals surface area contributed by atoms with E-state index in [2.05, 4.69) is 15.6 Å². The van der Waals surface area contributed by atoms with Gasteiger partial charge in [0.2, 0.25) is 11.8 Å². The predicted octanol–water partition coefficient (Wildman–Crippen LogP) is 4.49. The van der Waals surface area contributed by atoms with Crippen LogP contribution in [0.4, 0.5) is 10.8 Å². The van der Waals surface area contributed by atoms with E-state index in [0.29, 0.717) is 31.0 Å². The van der Waals surface area contributed by atoms with Gasteiger partial charge in [-0.3, -0.25) is 9.59 Å². The van der Waals surface area contributed by atoms with E-state index in [0.717, 1.165) is 33.9 Å². The maximum Gasteiger partial charge on any atom is 0.226 e. The normalized spacial score (nSPS) is 12.8. The van der Waals surface area contributed by atoms with Gasteiger partial charge in [0.05, 0.1) is 11.5 Å². The number of carbonyl (C=O) groups is 2. The maximum absolute atomic E-state index is 12.2. The van der Waals surface area contributed by atoms with E-state index in [1.807, 2.05) is 48.5 Å². The van der Waals surface area contributed by atoms with Crippen LogP contribution < -0.4 is 15.4 Å². The van der Waals surface area contributed by atoms with Crippen LogP contribution in [0.15, 0.2) is 54.7 Å². The molecule has 0 bridgehead atoms. The summed E-state index contributed by atoms with van der Waals surface area (Å²) in [4.78, 5) is 28.9. The van der Waals surface area contributed by atoms with Gasteiger partial charge in [-0.25, -0.2) is 4.98 Å². The van der Waals surface area contributed by atoms with Crippen molar-refractivity contribution in [2.45, 2.75) is 25.7 Å². The van der Waals surface area contributed by atoms with E-state index >= 15 is 0 Å². The van der Waals surface area contributed by atoms with Gasteiger partial charge in [-0.15, -0.1) is 0 Å². The van der Waals surface area contributed by atoms with Crippen molar-refractivity contribution in [2.75, 3.05) is 17.2 Å². The van der Waals surface area contributed by atoms with Crippen molar-refractivity contribution < 1.29 is 14.3 Å². The fraction of sp³-hybridized carbons (Fsp3) is 0.227. The average Bonchev–Trinajstić information content (AvgIpc) is 3.20.